The Labute approximate surface area is 152 Å². The lowest BCUT2D eigenvalue weighted by Gasteiger charge is -2.31. The lowest BCUT2D eigenvalue weighted by atomic mass is 9.82. The first-order valence-electron chi connectivity index (χ1n) is 8.54. The number of ether oxygens (including phenoxy) is 3. The molecule has 0 aromatic rings. The van der Waals surface area contributed by atoms with E-state index in [9.17, 15) is 14.4 Å². The zero-order chi connectivity index (χ0) is 19.2. The summed E-state index contributed by atoms with van der Waals surface area (Å²) in [4.78, 5) is 36.9. The zero-order valence-corrected chi connectivity index (χ0v) is 15.3. The maximum atomic E-state index is 12.5. The zero-order valence-electron chi connectivity index (χ0n) is 15.3. The molecule has 1 saturated heterocycles. The molecule has 3 aliphatic rings. The van der Waals surface area contributed by atoms with E-state index >= 15 is 0 Å². The van der Waals surface area contributed by atoms with Crippen molar-refractivity contribution in [3.05, 3.63) is 47.3 Å². The number of hydrogen-bond donors (Lipinski definition) is 0. The summed E-state index contributed by atoms with van der Waals surface area (Å²) < 4.78 is 17.0. The predicted molar refractivity (Wildman–Crippen MR) is 92.8 cm³/mol. The summed E-state index contributed by atoms with van der Waals surface area (Å²) >= 11 is 0. The first kappa shape index (κ1) is 18.2. The van der Waals surface area contributed by atoms with Crippen LogP contribution in [0.15, 0.2) is 47.3 Å². The molecule has 0 aromatic carbocycles. The van der Waals surface area contributed by atoms with Crippen molar-refractivity contribution < 1.29 is 28.6 Å². The van der Waals surface area contributed by atoms with Gasteiger partial charge < -0.3 is 14.2 Å². The largest absolute Gasteiger partial charge is 0.479 e. The van der Waals surface area contributed by atoms with Crippen LogP contribution in [0.3, 0.4) is 0 Å². The average molecular weight is 358 g/mol. The van der Waals surface area contributed by atoms with E-state index in [4.69, 9.17) is 14.2 Å². The minimum absolute atomic E-state index is 0.104. The number of carbonyl (C=O) groups excluding carboxylic acids is 3. The first-order chi connectivity index (χ1) is 12.2. The molecule has 1 fully saturated rings. The summed E-state index contributed by atoms with van der Waals surface area (Å²) in [6.07, 6.45) is 3.50. The molecular formula is C20H22O6. The Kier molecular flexibility index (Phi) is 4.38. The molecule has 3 aliphatic heterocycles. The topological polar surface area (TPSA) is 78.9 Å². The molecular weight excluding hydrogens is 336 g/mol. The summed E-state index contributed by atoms with van der Waals surface area (Å²) in [7, 11) is 0. The molecule has 0 spiro atoms. The van der Waals surface area contributed by atoms with Crippen LogP contribution in [0.5, 0.6) is 0 Å². The predicted octanol–water partition coefficient (Wildman–Crippen LogP) is 2.55. The molecule has 2 bridgehead atoms. The highest BCUT2D eigenvalue weighted by atomic mass is 16.6. The van der Waals surface area contributed by atoms with E-state index in [2.05, 4.69) is 6.58 Å². The van der Waals surface area contributed by atoms with Gasteiger partial charge in [-0.25, -0.2) is 9.59 Å². The second-order valence-corrected chi connectivity index (χ2v) is 7.10. The van der Waals surface area contributed by atoms with E-state index in [0.717, 1.165) is 0 Å². The van der Waals surface area contributed by atoms with Gasteiger partial charge in [-0.3, -0.25) is 4.79 Å². The molecule has 0 amide bonds. The van der Waals surface area contributed by atoms with Crippen LogP contribution in [0, 0.1) is 5.92 Å². The van der Waals surface area contributed by atoms with E-state index in [0.29, 0.717) is 16.9 Å². The number of carbonyl (C=O) groups is 3. The van der Waals surface area contributed by atoms with Gasteiger partial charge in [0.2, 0.25) is 5.78 Å². The molecule has 6 nitrogen and oxygen atoms in total. The van der Waals surface area contributed by atoms with Gasteiger partial charge in [-0.05, 0) is 39.3 Å². The Hall–Kier alpha value is -2.63. The quantitative estimate of drug-likeness (QED) is 0.558. The third-order valence-electron chi connectivity index (χ3n) is 5.19. The lowest BCUT2D eigenvalue weighted by Crippen LogP contribution is -2.42. The normalized spacial score (nSPS) is 35.9. The van der Waals surface area contributed by atoms with Gasteiger partial charge in [-0.15, -0.1) is 0 Å². The Bertz CT molecular complexity index is 799. The smallest absolute Gasteiger partial charge is 0.334 e. The molecule has 0 N–H and O–H groups in total. The number of hydrogen-bond acceptors (Lipinski definition) is 6. The third kappa shape index (κ3) is 2.89. The highest BCUT2D eigenvalue weighted by molar-refractivity contribution is 6.00. The second kappa shape index (κ2) is 6.27. The summed E-state index contributed by atoms with van der Waals surface area (Å²) in [6, 6.07) is 0. The maximum absolute atomic E-state index is 12.5. The van der Waals surface area contributed by atoms with Gasteiger partial charge in [0.25, 0.3) is 0 Å². The fraction of sp³-hybridized carbons (Fsp3) is 0.450. The Morgan fingerprint density at radius 3 is 2.77 bits per heavy atom. The SMILES string of the molecule is C=C1C(=O)O[C@@H]2/C=C(\C)C3=CC(=O)[C@](C)(C[C@H](OC(=O)/C(C)=C\C)[C@@H]12)O3. The Morgan fingerprint density at radius 2 is 2.12 bits per heavy atom. The Morgan fingerprint density at radius 1 is 1.42 bits per heavy atom. The van der Waals surface area contributed by atoms with Crippen LogP contribution in [0.4, 0.5) is 0 Å². The van der Waals surface area contributed by atoms with Crippen LogP contribution in [-0.2, 0) is 28.6 Å². The highest BCUT2D eigenvalue weighted by Gasteiger charge is 2.51. The van der Waals surface area contributed by atoms with Crippen LogP contribution in [0.2, 0.25) is 0 Å². The van der Waals surface area contributed by atoms with Gasteiger partial charge in [0.1, 0.15) is 18.0 Å². The number of allylic oxidation sites excluding steroid dienone is 2. The molecule has 0 saturated carbocycles. The fourth-order valence-electron chi connectivity index (χ4n) is 3.41. The molecule has 0 aliphatic carbocycles. The van der Waals surface area contributed by atoms with Crippen LogP contribution in [0.1, 0.15) is 34.1 Å². The van der Waals surface area contributed by atoms with Gasteiger partial charge in [0, 0.05) is 23.6 Å². The van der Waals surface area contributed by atoms with E-state index in [1.807, 2.05) is 0 Å². The van der Waals surface area contributed by atoms with Crippen LogP contribution < -0.4 is 0 Å². The van der Waals surface area contributed by atoms with Crippen molar-refractivity contribution in [2.45, 2.75) is 51.9 Å². The number of esters is 2. The van der Waals surface area contributed by atoms with E-state index < -0.39 is 35.7 Å². The standard InChI is InChI=1S/C20H22O6/c1-6-10(2)18(22)25-15-9-20(5)16(21)8-13(26-20)11(3)7-14-17(15)12(4)19(23)24-14/h6-8,14-15,17H,4,9H2,1-3,5H3/b10-6-,11-7+/t14-,15+,17+,20+/m1/s1. The summed E-state index contributed by atoms with van der Waals surface area (Å²) in [6.45, 7) is 10.6. The molecule has 3 heterocycles. The number of rotatable bonds is 2. The molecule has 3 rings (SSSR count). The molecule has 6 heteroatoms. The van der Waals surface area contributed by atoms with Crippen LogP contribution >= 0.6 is 0 Å². The van der Waals surface area contributed by atoms with E-state index in [-0.39, 0.29) is 17.8 Å². The van der Waals surface area contributed by atoms with Gasteiger partial charge in [-0.2, -0.15) is 0 Å². The van der Waals surface area contributed by atoms with Gasteiger partial charge in [0.15, 0.2) is 5.60 Å². The van der Waals surface area contributed by atoms with Crippen molar-refractivity contribution in [2.75, 3.05) is 0 Å². The van der Waals surface area contributed by atoms with Crippen LogP contribution in [0.25, 0.3) is 0 Å². The number of ketones is 1. The van der Waals surface area contributed by atoms with Gasteiger partial charge in [0.05, 0.1) is 5.92 Å². The van der Waals surface area contributed by atoms with Crippen molar-refractivity contribution in [1.29, 1.82) is 0 Å². The fourth-order valence-corrected chi connectivity index (χ4v) is 3.41. The molecule has 0 unspecified atom stereocenters. The second-order valence-electron chi connectivity index (χ2n) is 7.10. The Balaban J connectivity index is 2.05. The average Bonchev–Trinajstić information content (AvgIpc) is 3.03. The summed E-state index contributed by atoms with van der Waals surface area (Å²) in [5.74, 6) is -1.35. The van der Waals surface area contributed by atoms with Gasteiger partial charge in [-0.1, -0.05) is 12.7 Å². The first-order valence-corrected chi connectivity index (χ1v) is 8.54. The molecule has 4 atom stereocenters. The number of fused-ring (bicyclic) bond motifs is 3. The summed E-state index contributed by atoms with van der Waals surface area (Å²) in [5.41, 5.74) is 0.195. The van der Waals surface area contributed by atoms with Crippen LogP contribution in [-0.4, -0.2) is 35.5 Å². The van der Waals surface area contributed by atoms with Crippen molar-refractivity contribution in [3.8, 4) is 0 Å². The van der Waals surface area contributed by atoms with Crippen molar-refractivity contribution in [1.82, 2.24) is 0 Å². The van der Waals surface area contributed by atoms with Crippen molar-refractivity contribution in [3.63, 3.8) is 0 Å². The van der Waals surface area contributed by atoms with Crippen molar-refractivity contribution >= 4 is 17.7 Å². The minimum Gasteiger partial charge on any atom is -0.479 e. The molecule has 0 radical (unpaired) electrons. The molecule has 26 heavy (non-hydrogen) atoms. The maximum Gasteiger partial charge on any atom is 0.334 e. The lowest BCUT2D eigenvalue weighted by molar-refractivity contribution is -0.153. The minimum atomic E-state index is -1.17. The van der Waals surface area contributed by atoms with E-state index in [1.54, 1.807) is 39.8 Å². The van der Waals surface area contributed by atoms with Crippen molar-refractivity contribution in [2.24, 2.45) is 5.92 Å². The summed E-state index contributed by atoms with van der Waals surface area (Å²) in [5, 5.41) is 0. The molecule has 138 valence electrons. The molecule has 0 aromatic heterocycles. The van der Waals surface area contributed by atoms with E-state index in [1.165, 1.54) is 6.08 Å². The monoisotopic (exact) mass is 358 g/mol. The highest BCUT2D eigenvalue weighted by Crippen LogP contribution is 2.42. The third-order valence-corrected chi connectivity index (χ3v) is 5.19. The van der Waals surface area contributed by atoms with Gasteiger partial charge >= 0.3 is 11.9 Å².